The van der Waals surface area contributed by atoms with E-state index in [1.54, 1.807) is 23.5 Å². The van der Waals surface area contributed by atoms with Crippen molar-refractivity contribution in [2.75, 3.05) is 11.5 Å². The van der Waals surface area contributed by atoms with Crippen molar-refractivity contribution in [3.63, 3.8) is 0 Å². The van der Waals surface area contributed by atoms with Crippen molar-refractivity contribution in [2.24, 2.45) is 5.92 Å². The molecule has 3 rings (SSSR count). The van der Waals surface area contributed by atoms with Gasteiger partial charge in [-0.3, -0.25) is 0 Å². The van der Waals surface area contributed by atoms with Crippen LogP contribution in [0.15, 0.2) is 66.7 Å². The molecule has 0 spiro atoms. The highest BCUT2D eigenvalue weighted by molar-refractivity contribution is 8.19. The molecule has 0 bridgehead atoms. The lowest BCUT2D eigenvalue weighted by atomic mass is 9.94. The van der Waals surface area contributed by atoms with E-state index < -0.39 is 4.08 Å². The monoisotopic (exact) mass is 412 g/mol. The number of hydrogen-bond donors (Lipinski definition) is 0. The Labute approximate surface area is 174 Å². The second-order valence-corrected chi connectivity index (χ2v) is 9.51. The van der Waals surface area contributed by atoms with Crippen LogP contribution in [0.25, 0.3) is 5.57 Å². The van der Waals surface area contributed by atoms with Crippen LogP contribution >= 0.6 is 23.5 Å². The average molecular weight is 413 g/mol. The van der Waals surface area contributed by atoms with Gasteiger partial charge in [0.15, 0.2) is 4.08 Å². The van der Waals surface area contributed by atoms with Gasteiger partial charge in [0.05, 0.1) is 0 Å². The maximum absolute atomic E-state index is 13.2. The fraction of sp³-hybridized carbons (Fsp3) is 0.304. The summed E-state index contributed by atoms with van der Waals surface area (Å²) in [5, 5.41) is 0. The number of thioether (sulfide) groups is 2. The van der Waals surface area contributed by atoms with E-state index in [-0.39, 0.29) is 18.5 Å². The Hall–Kier alpha value is -1.98. The molecule has 0 N–H and O–H groups in total. The number of carbonyl (C=O) groups is 2. The van der Waals surface area contributed by atoms with Crippen molar-refractivity contribution in [2.45, 2.75) is 24.0 Å². The molecular formula is C23H24O3S2. The van der Waals surface area contributed by atoms with Gasteiger partial charge in [0.2, 0.25) is 0 Å². The van der Waals surface area contributed by atoms with Gasteiger partial charge >= 0.3 is 5.97 Å². The first-order chi connectivity index (χ1) is 13.7. The Bertz CT molecular complexity index is 820. The third kappa shape index (κ3) is 4.70. The van der Waals surface area contributed by atoms with Gasteiger partial charge in [-0.2, -0.15) is 0 Å². The minimum Gasteiger partial charge on any atom is -0.459 e. The standard InChI is InChI=1S/C23H24O3S2/c1-2-27-23(22(25)26-16-18-9-5-3-6-10-18)21(13-14-24)15-20(17-28-23)19-11-7-4-8-12-19/h3-12,14-15,21H,2,13,16-17H2,1H3/t21-,23+/m1/s1. The summed E-state index contributed by atoms with van der Waals surface area (Å²) in [4.78, 5) is 24.6. The van der Waals surface area contributed by atoms with Crippen LogP contribution in [-0.4, -0.2) is 27.8 Å². The fourth-order valence-electron chi connectivity index (χ4n) is 3.31. The van der Waals surface area contributed by atoms with Crippen molar-refractivity contribution in [1.82, 2.24) is 0 Å². The van der Waals surface area contributed by atoms with Crippen LogP contribution in [-0.2, 0) is 20.9 Å². The molecule has 0 radical (unpaired) electrons. The molecule has 28 heavy (non-hydrogen) atoms. The van der Waals surface area contributed by atoms with Crippen molar-refractivity contribution in [3.05, 3.63) is 77.9 Å². The van der Waals surface area contributed by atoms with Crippen molar-refractivity contribution in [1.29, 1.82) is 0 Å². The van der Waals surface area contributed by atoms with E-state index in [2.05, 4.69) is 18.2 Å². The molecule has 0 unspecified atom stereocenters. The highest BCUT2D eigenvalue weighted by Crippen LogP contribution is 2.51. The number of rotatable bonds is 8. The van der Waals surface area contributed by atoms with Gasteiger partial charge in [-0.15, -0.1) is 23.5 Å². The first-order valence-electron chi connectivity index (χ1n) is 9.38. The molecule has 1 aliphatic rings. The number of carbonyl (C=O) groups excluding carboxylic acids is 2. The molecule has 2 atom stereocenters. The van der Waals surface area contributed by atoms with Crippen molar-refractivity contribution < 1.29 is 14.3 Å². The molecule has 0 saturated heterocycles. The van der Waals surface area contributed by atoms with E-state index in [9.17, 15) is 9.59 Å². The number of ether oxygens (including phenoxy) is 1. The lowest BCUT2D eigenvalue weighted by molar-refractivity contribution is -0.146. The fourth-order valence-corrected chi connectivity index (χ4v) is 6.34. The second-order valence-electron chi connectivity index (χ2n) is 6.52. The molecular weight excluding hydrogens is 388 g/mol. The van der Waals surface area contributed by atoms with Gasteiger partial charge < -0.3 is 9.53 Å². The Kier molecular flexibility index (Phi) is 7.40. The largest absolute Gasteiger partial charge is 0.459 e. The second kappa shape index (κ2) is 9.99. The third-order valence-electron chi connectivity index (χ3n) is 4.68. The molecule has 1 heterocycles. The zero-order valence-electron chi connectivity index (χ0n) is 15.9. The SMILES string of the molecule is CCS[C@]1(C(=O)OCc2ccccc2)SCC(c2ccccc2)=C[C@H]1CC=O. The zero-order chi connectivity index (χ0) is 19.8. The predicted molar refractivity (Wildman–Crippen MR) is 118 cm³/mol. The van der Waals surface area contributed by atoms with Crippen molar-refractivity contribution in [3.8, 4) is 0 Å². The maximum atomic E-state index is 13.2. The topological polar surface area (TPSA) is 43.4 Å². The minimum atomic E-state index is -0.789. The minimum absolute atomic E-state index is 0.202. The van der Waals surface area contributed by atoms with Crippen LogP contribution in [0.1, 0.15) is 24.5 Å². The molecule has 3 nitrogen and oxygen atoms in total. The van der Waals surface area contributed by atoms with E-state index in [4.69, 9.17) is 4.74 Å². The highest BCUT2D eigenvalue weighted by atomic mass is 32.2. The quantitative estimate of drug-likeness (QED) is 0.440. The van der Waals surface area contributed by atoms with Crippen LogP contribution in [0, 0.1) is 5.92 Å². The summed E-state index contributed by atoms with van der Waals surface area (Å²) in [6.07, 6.45) is 3.31. The molecule has 146 valence electrons. The van der Waals surface area contributed by atoms with Gasteiger partial charge in [-0.25, -0.2) is 4.79 Å². The van der Waals surface area contributed by atoms with E-state index in [1.807, 2.05) is 55.5 Å². The Morgan fingerprint density at radius 1 is 1.18 bits per heavy atom. The van der Waals surface area contributed by atoms with Crippen LogP contribution in [0.4, 0.5) is 0 Å². The average Bonchev–Trinajstić information content (AvgIpc) is 2.75. The highest BCUT2D eigenvalue weighted by Gasteiger charge is 2.49. The molecule has 2 aromatic carbocycles. The molecule has 0 fully saturated rings. The lowest BCUT2D eigenvalue weighted by Crippen LogP contribution is -2.43. The molecule has 0 aliphatic carbocycles. The molecule has 2 aromatic rings. The van der Waals surface area contributed by atoms with Crippen LogP contribution in [0.5, 0.6) is 0 Å². The van der Waals surface area contributed by atoms with Gasteiger partial charge in [0.1, 0.15) is 12.9 Å². The van der Waals surface area contributed by atoms with E-state index in [0.29, 0.717) is 12.2 Å². The van der Waals surface area contributed by atoms with E-state index in [1.165, 1.54) is 5.57 Å². The first-order valence-corrected chi connectivity index (χ1v) is 11.4. The van der Waals surface area contributed by atoms with Gasteiger partial charge in [0, 0.05) is 18.1 Å². The number of allylic oxidation sites excluding steroid dienone is 1. The number of aldehydes is 1. The van der Waals surface area contributed by atoms with Gasteiger partial charge in [0.25, 0.3) is 0 Å². The number of hydrogen-bond acceptors (Lipinski definition) is 5. The van der Waals surface area contributed by atoms with E-state index in [0.717, 1.165) is 23.2 Å². The molecule has 1 aliphatic heterocycles. The summed E-state index contributed by atoms with van der Waals surface area (Å²) in [7, 11) is 0. The Balaban J connectivity index is 1.85. The molecule has 0 saturated carbocycles. The normalized spacial score (nSPS) is 21.6. The van der Waals surface area contributed by atoms with Crippen LogP contribution < -0.4 is 0 Å². The summed E-state index contributed by atoms with van der Waals surface area (Å²) < 4.78 is 4.93. The van der Waals surface area contributed by atoms with Gasteiger partial charge in [-0.1, -0.05) is 73.7 Å². The smallest absolute Gasteiger partial charge is 0.333 e. The third-order valence-corrected chi connectivity index (χ3v) is 7.93. The molecule has 0 amide bonds. The summed E-state index contributed by atoms with van der Waals surface area (Å²) in [6.45, 7) is 2.28. The summed E-state index contributed by atoms with van der Waals surface area (Å²) in [5.74, 6) is 1.04. The zero-order valence-corrected chi connectivity index (χ0v) is 17.5. The predicted octanol–water partition coefficient (Wildman–Crippen LogP) is 5.21. The molecule has 0 aromatic heterocycles. The van der Waals surface area contributed by atoms with E-state index >= 15 is 0 Å². The number of benzene rings is 2. The number of esters is 1. The summed E-state index contributed by atoms with van der Waals surface area (Å²) in [6, 6.07) is 19.8. The lowest BCUT2D eigenvalue weighted by Gasteiger charge is -2.39. The van der Waals surface area contributed by atoms with Crippen LogP contribution in [0.3, 0.4) is 0 Å². The molecule has 5 heteroatoms. The first kappa shape index (κ1) is 20.7. The van der Waals surface area contributed by atoms with Crippen LogP contribution in [0.2, 0.25) is 0 Å². The Morgan fingerprint density at radius 3 is 2.50 bits per heavy atom. The maximum Gasteiger partial charge on any atom is 0.333 e. The Morgan fingerprint density at radius 2 is 1.86 bits per heavy atom. The summed E-state index contributed by atoms with van der Waals surface area (Å²) >= 11 is 3.16. The summed E-state index contributed by atoms with van der Waals surface area (Å²) in [5.41, 5.74) is 3.26. The van der Waals surface area contributed by atoms with Crippen molar-refractivity contribution >= 4 is 41.4 Å². The van der Waals surface area contributed by atoms with Gasteiger partial charge in [-0.05, 0) is 22.5 Å².